The van der Waals surface area contributed by atoms with E-state index in [0.717, 1.165) is 12.8 Å². The second-order valence-corrected chi connectivity index (χ2v) is 5.25. The summed E-state index contributed by atoms with van der Waals surface area (Å²) in [4.78, 5) is 0. The molecule has 3 rings (SSSR count). The molecule has 1 aromatic carbocycles. The maximum absolute atomic E-state index is 10.2. The fourth-order valence-electron chi connectivity index (χ4n) is 2.93. The Morgan fingerprint density at radius 3 is 2.58 bits per heavy atom. The van der Waals surface area contributed by atoms with Crippen LogP contribution < -0.4 is 4.74 Å². The van der Waals surface area contributed by atoms with Gasteiger partial charge in [-0.1, -0.05) is 0 Å². The Morgan fingerprint density at radius 1 is 1.11 bits per heavy atom. The van der Waals surface area contributed by atoms with E-state index >= 15 is 0 Å². The van der Waals surface area contributed by atoms with E-state index in [9.17, 15) is 15.3 Å². The first-order valence-corrected chi connectivity index (χ1v) is 6.62. The molecule has 3 N–H and O–H groups in total. The summed E-state index contributed by atoms with van der Waals surface area (Å²) in [5.41, 5.74) is 0.564. The normalized spacial score (nSPS) is 27.6. The third kappa shape index (κ3) is 2.35. The zero-order chi connectivity index (χ0) is 13.4. The first kappa shape index (κ1) is 12.6. The predicted octanol–water partition coefficient (Wildman–Crippen LogP) is 1.19. The molecule has 1 fully saturated rings. The molecule has 0 aliphatic carbocycles. The second kappa shape index (κ2) is 4.90. The Balaban J connectivity index is 1.86. The molecule has 0 bridgehead atoms. The molecule has 2 heterocycles. The van der Waals surface area contributed by atoms with E-state index in [-0.39, 0.29) is 23.5 Å². The largest absolute Gasteiger partial charge is 0.508 e. The molecule has 1 aromatic rings. The maximum atomic E-state index is 10.2. The average Bonchev–Trinajstić information content (AvgIpc) is 2.40. The SMILES string of the molecule is Oc1cc(O)c2c(c1)O[C@H](C1CCOCC1)[C@H](O)C2. The molecule has 1 saturated heterocycles. The van der Waals surface area contributed by atoms with Crippen molar-refractivity contribution in [1.29, 1.82) is 0 Å². The second-order valence-electron chi connectivity index (χ2n) is 5.25. The highest BCUT2D eigenvalue weighted by atomic mass is 16.5. The van der Waals surface area contributed by atoms with Gasteiger partial charge in [0.2, 0.25) is 0 Å². The van der Waals surface area contributed by atoms with Crippen molar-refractivity contribution in [2.24, 2.45) is 5.92 Å². The highest BCUT2D eigenvalue weighted by Gasteiger charge is 2.36. The smallest absolute Gasteiger partial charge is 0.130 e. The Kier molecular flexibility index (Phi) is 3.24. The van der Waals surface area contributed by atoms with Crippen molar-refractivity contribution < 1.29 is 24.8 Å². The lowest BCUT2D eigenvalue weighted by molar-refractivity contribution is -0.0486. The van der Waals surface area contributed by atoms with Crippen LogP contribution in [0.3, 0.4) is 0 Å². The third-order valence-corrected chi connectivity index (χ3v) is 3.96. The van der Waals surface area contributed by atoms with Gasteiger partial charge in [-0.05, 0) is 12.8 Å². The average molecular weight is 266 g/mol. The van der Waals surface area contributed by atoms with Crippen molar-refractivity contribution in [3.05, 3.63) is 17.7 Å². The number of hydrogen-bond donors (Lipinski definition) is 3. The van der Waals surface area contributed by atoms with E-state index in [1.165, 1.54) is 12.1 Å². The number of hydrogen-bond acceptors (Lipinski definition) is 5. The zero-order valence-corrected chi connectivity index (χ0v) is 10.6. The van der Waals surface area contributed by atoms with E-state index in [2.05, 4.69) is 0 Å². The van der Waals surface area contributed by atoms with Gasteiger partial charge >= 0.3 is 0 Å². The molecule has 0 aromatic heterocycles. The number of benzene rings is 1. The molecule has 5 heteroatoms. The number of aromatic hydroxyl groups is 2. The minimum atomic E-state index is -0.633. The van der Waals surface area contributed by atoms with E-state index in [0.29, 0.717) is 30.9 Å². The molecule has 0 saturated carbocycles. The van der Waals surface area contributed by atoms with E-state index in [1.807, 2.05) is 0 Å². The number of fused-ring (bicyclic) bond motifs is 1. The lowest BCUT2D eigenvalue weighted by atomic mass is 9.86. The van der Waals surface area contributed by atoms with Crippen molar-refractivity contribution in [2.45, 2.75) is 31.5 Å². The summed E-state index contributed by atoms with van der Waals surface area (Å²) >= 11 is 0. The minimum absolute atomic E-state index is 0.0283. The summed E-state index contributed by atoms with van der Waals surface area (Å²) in [6.07, 6.45) is 1.15. The number of aliphatic hydroxyl groups excluding tert-OH is 1. The van der Waals surface area contributed by atoms with Gasteiger partial charge in [-0.3, -0.25) is 0 Å². The quantitative estimate of drug-likeness (QED) is 0.711. The zero-order valence-electron chi connectivity index (χ0n) is 10.6. The molecule has 2 atom stereocenters. The molecule has 2 aliphatic rings. The van der Waals surface area contributed by atoms with Gasteiger partial charge in [0.25, 0.3) is 0 Å². The van der Waals surface area contributed by atoms with Crippen LogP contribution in [0.4, 0.5) is 0 Å². The van der Waals surface area contributed by atoms with E-state index in [1.54, 1.807) is 0 Å². The van der Waals surface area contributed by atoms with Crippen LogP contribution in [0, 0.1) is 5.92 Å². The van der Waals surface area contributed by atoms with Crippen LogP contribution in [0.5, 0.6) is 17.2 Å². The summed E-state index contributed by atoms with van der Waals surface area (Å²) in [5.74, 6) is 0.665. The molecule has 0 spiro atoms. The van der Waals surface area contributed by atoms with Crippen LogP contribution in [0.1, 0.15) is 18.4 Å². The molecule has 0 amide bonds. The highest BCUT2D eigenvalue weighted by molar-refractivity contribution is 5.51. The molecular weight excluding hydrogens is 248 g/mol. The molecular formula is C14H18O5. The monoisotopic (exact) mass is 266 g/mol. The Morgan fingerprint density at radius 2 is 1.84 bits per heavy atom. The highest BCUT2D eigenvalue weighted by Crippen LogP contribution is 2.40. The van der Waals surface area contributed by atoms with Crippen LogP contribution in [0.2, 0.25) is 0 Å². The Labute approximate surface area is 111 Å². The lowest BCUT2D eigenvalue weighted by Crippen LogP contribution is -2.44. The number of ether oxygens (including phenoxy) is 2. The van der Waals surface area contributed by atoms with Crippen molar-refractivity contribution in [3.8, 4) is 17.2 Å². The van der Waals surface area contributed by atoms with Crippen LogP contribution >= 0.6 is 0 Å². The summed E-state index contributed by atoms with van der Waals surface area (Å²) < 4.78 is 11.1. The predicted molar refractivity (Wildman–Crippen MR) is 67.4 cm³/mol. The summed E-state index contributed by atoms with van der Waals surface area (Å²) in [5, 5.41) is 29.5. The number of phenols is 2. The van der Waals surface area contributed by atoms with E-state index in [4.69, 9.17) is 9.47 Å². The van der Waals surface area contributed by atoms with Crippen LogP contribution in [0.25, 0.3) is 0 Å². The van der Waals surface area contributed by atoms with Gasteiger partial charge in [0.15, 0.2) is 0 Å². The van der Waals surface area contributed by atoms with Gasteiger partial charge < -0.3 is 24.8 Å². The first-order valence-electron chi connectivity index (χ1n) is 6.62. The van der Waals surface area contributed by atoms with Crippen LogP contribution in [-0.2, 0) is 11.2 Å². The molecule has 5 nitrogen and oxygen atoms in total. The number of aliphatic hydroxyl groups is 1. The fourth-order valence-corrected chi connectivity index (χ4v) is 2.93. The standard InChI is InChI=1S/C14H18O5/c15-9-5-11(16)10-7-12(17)14(19-13(10)6-9)8-1-3-18-4-2-8/h5-6,8,12,14-17H,1-4,7H2/t12-,14-/m1/s1. The summed E-state index contributed by atoms with van der Waals surface area (Å²) in [7, 11) is 0. The van der Waals surface area contributed by atoms with Crippen molar-refractivity contribution in [3.63, 3.8) is 0 Å². The Bertz CT molecular complexity index is 467. The number of rotatable bonds is 1. The summed E-state index contributed by atoms with van der Waals surface area (Å²) in [6, 6.07) is 2.76. The van der Waals surface area contributed by atoms with Crippen molar-refractivity contribution in [2.75, 3.05) is 13.2 Å². The van der Waals surface area contributed by atoms with Gasteiger partial charge in [-0.2, -0.15) is 0 Å². The van der Waals surface area contributed by atoms with Gasteiger partial charge in [-0.15, -0.1) is 0 Å². The molecule has 19 heavy (non-hydrogen) atoms. The fraction of sp³-hybridized carbons (Fsp3) is 0.571. The Hall–Kier alpha value is -1.46. The van der Waals surface area contributed by atoms with Gasteiger partial charge in [0, 0.05) is 43.2 Å². The van der Waals surface area contributed by atoms with Gasteiger partial charge in [0.05, 0.1) is 6.10 Å². The molecule has 0 radical (unpaired) electrons. The van der Waals surface area contributed by atoms with Crippen LogP contribution in [-0.4, -0.2) is 40.7 Å². The lowest BCUT2D eigenvalue weighted by Gasteiger charge is -2.37. The van der Waals surface area contributed by atoms with Gasteiger partial charge in [-0.25, -0.2) is 0 Å². The maximum Gasteiger partial charge on any atom is 0.130 e. The van der Waals surface area contributed by atoms with E-state index < -0.39 is 6.10 Å². The first-order chi connectivity index (χ1) is 9.15. The molecule has 2 aliphatic heterocycles. The molecule has 0 unspecified atom stereocenters. The molecule has 104 valence electrons. The van der Waals surface area contributed by atoms with Crippen LogP contribution in [0.15, 0.2) is 12.1 Å². The van der Waals surface area contributed by atoms with Gasteiger partial charge in [0.1, 0.15) is 23.4 Å². The third-order valence-electron chi connectivity index (χ3n) is 3.96. The van der Waals surface area contributed by atoms with Crippen molar-refractivity contribution >= 4 is 0 Å². The minimum Gasteiger partial charge on any atom is -0.508 e. The number of phenolic OH excluding ortho intramolecular Hbond substituents is 2. The topological polar surface area (TPSA) is 79.2 Å². The van der Waals surface area contributed by atoms with Crippen molar-refractivity contribution in [1.82, 2.24) is 0 Å². The summed E-state index contributed by atoms with van der Waals surface area (Å²) in [6.45, 7) is 1.38.